The second-order valence-corrected chi connectivity index (χ2v) is 5.79. The number of hydrogen-bond donors (Lipinski definition) is 12. The molecule has 0 aromatic carbocycles. The summed E-state index contributed by atoms with van der Waals surface area (Å²) in [5, 5.41) is 94.5. The number of carboxylic acids is 1. The predicted octanol–water partition coefficient (Wildman–Crippen LogP) is -7.99. The van der Waals surface area contributed by atoms with Crippen LogP contribution in [0.3, 0.4) is 0 Å². The van der Waals surface area contributed by atoms with Crippen LogP contribution in [0.25, 0.3) is 0 Å². The van der Waals surface area contributed by atoms with Gasteiger partial charge in [-0.3, -0.25) is 9.59 Å². The maximum atomic E-state index is 10.5. The summed E-state index contributed by atoms with van der Waals surface area (Å²) in [6, 6.07) is -0.731. The number of carbonyl (C=O) groups is 3. The summed E-state index contributed by atoms with van der Waals surface area (Å²) in [5.74, 6) is -1.97. The number of rotatable bonds is 11. The van der Waals surface area contributed by atoms with Crippen molar-refractivity contribution < 1.29 is 70.6 Å². The molecular weight excluding hydrogens is 457 g/mol. The van der Waals surface area contributed by atoms with E-state index >= 15 is 0 Å². The van der Waals surface area contributed by atoms with Crippen LogP contribution < -0.4 is 5.73 Å². The molecule has 0 radical (unpaired) electrons. The first kappa shape index (κ1) is 38.3. The Morgan fingerprint density at radius 1 is 0.839 bits per heavy atom. The summed E-state index contributed by atoms with van der Waals surface area (Å²) in [4.78, 5) is 30.0. The van der Waals surface area contributed by atoms with Gasteiger partial charge < -0.3 is 66.7 Å². The van der Waals surface area contributed by atoms with Crippen LogP contribution in [-0.4, -0.2) is 194 Å². The van der Waals surface area contributed by atoms with Crippen molar-refractivity contribution in [2.75, 3.05) is 19.8 Å². The number of aliphatic carboxylic acids is 1. The third kappa shape index (κ3) is 18.2. The van der Waals surface area contributed by atoms with Crippen LogP contribution in [0.15, 0.2) is 0 Å². The molecule has 0 heterocycles. The van der Waals surface area contributed by atoms with Gasteiger partial charge in [0, 0.05) is 0 Å². The number of aliphatic hydroxyl groups excluding tert-OH is 10. The molecule has 0 bridgehead atoms. The van der Waals surface area contributed by atoms with Crippen LogP contribution in [-0.2, 0) is 14.4 Å². The fourth-order valence-electron chi connectivity index (χ4n) is 1.22. The van der Waals surface area contributed by atoms with Crippen molar-refractivity contribution in [1.82, 2.24) is 0 Å². The number of Topliss-reactive ketones (excluding diaryl/α,β-unsaturated/α-hetero) is 1. The van der Waals surface area contributed by atoms with Gasteiger partial charge in [-0.25, -0.2) is 0 Å². The first-order valence-corrected chi connectivity index (χ1v) is 8.28. The van der Waals surface area contributed by atoms with Crippen molar-refractivity contribution in [3.05, 3.63) is 0 Å². The molecular formula is C15H32KNO14. The SMILES string of the molecule is C[C@H](N)C(=O)O.O=C(CO)[C@@H](O)[C@H](O)[C@H](O)CO.O=C[C@H](O)[C@@H](O)[C@H](O)[C@H](O)CO.[KH]. The first-order valence-electron chi connectivity index (χ1n) is 8.28. The van der Waals surface area contributed by atoms with Crippen molar-refractivity contribution in [3.8, 4) is 0 Å². The average Bonchev–Trinajstić information content (AvgIpc) is 2.75. The Balaban J connectivity index is -0.000000183. The van der Waals surface area contributed by atoms with E-state index in [9.17, 15) is 14.4 Å². The summed E-state index contributed by atoms with van der Waals surface area (Å²) in [7, 11) is 0. The quantitative estimate of drug-likeness (QED) is 0.0947. The molecule has 0 aromatic heterocycles. The number of hydrogen-bond acceptors (Lipinski definition) is 14. The Bertz CT molecular complexity index is 483. The average molecular weight is 490 g/mol. The minimum atomic E-state index is -1.86. The molecule has 0 spiro atoms. The molecule has 0 saturated carbocycles. The number of carboxylic acid groups (broad SMARTS) is 1. The van der Waals surface area contributed by atoms with Crippen LogP contribution in [0.5, 0.6) is 0 Å². The second-order valence-electron chi connectivity index (χ2n) is 5.79. The summed E-state index contributed by atoms with van der Waals surface area (Å²) in [6.45, 7) is -1.03. The third-order valence-electron chi connectivity index (χ3n) is 3.20. The Morgan fingerprint density at radius 3 is 1.45 bits per heavy atom. The molecule has 15 nitrogen and oxygen atoms in total. The molecule has 31 heavy (non-hydrogen) atoms. The molecule has 0 aliphatic carbocycles. The summed E-state index contributed by atoms with van der Waals surface area (Å²) < 4.78 is 0. The zero-order valence-electron chi connectivity index (χ0n) is 16.0. The van der Waals surface area contributed by atoms with E-state index in [1.165, 1.54) is 6.92 Å². The van der Waals surface area contributed by atoms with E-state index in [-0.39, 0.29) is 57.7 Å². The molecule has 0 aliphatic rings. The van der Waals surface area contributed by atoms with Gasteiger partial charge in [0.2, 0.25) is 0 Å². The molecule has 0 aromatic rings. The Labute approximate surface area is 219 Å². The zero-order valence-corrected chi connectivity index (χ0v) is 16.0. The van der Waals surface area contributed by atoms with Crippen LogP contribution >= 0.6 is 0 Å². The maximum absolute atomic E-state index is 10.5. The predicted molar refractivity (Wildman–Crippen MR) is 103 cm³/mol. The molecule has 0 rings (SSSR count). The van der Waals surface area contributed by atoms with E-state index in [2.05, 4.69) is 0 Å². The molecule has 0 saturated heterocycles. The fraction of sp³-hybridized carbons (Fsp3) is 0.800. The summed E-state index contributed by atoms with van der Waals surface area (Å²) >= 11 is 0. The standard InChI is InChI=1S/2C6H12O6.C3H7NO2.K.H/c2*7-1-3(9)5(11)6(12)4(10)2-8;1-2(4)3(5)6;;/h3,5-9,11-12H,1-2H2;1,3-6,8-12H,2H2;2H,4H2,1H3,(H,5,6);;/t3-,5-,6-;3-,4+,5+,6+;2-;;/m100../s1. The van der Waals surface area contributed by atoms with Gasteiger partial charge in [-0.05, 0) is 6.92 Å². The Morgan fingerprint density at radius 2 is 1.19 bits per heavy atom. The molecule has 182 valence electrons. The van der Waals surface area contributed by atoms with E-state index in [4.69, 9.17) is 61.9 Å². The van der Waals surface area contributed by atoms with Gasteiger partial charge in [0.25, 0.3) is 0 Å². The molecule has 0 amide bonds. The van der Waals surface area contributed by atoms with Gasteiger partial charge in [-0.15, -0.1) is 0 Å². The zero-order chi connectivity index (χ0) is 24.6. The van der Waals surface area contributed by atoms with Crippen molar-refractivity contribution in [3.63, 3.8) is 0 Å². The molecule has 13 N–H and O–H groups in total. The molecule has 0 fully saturated rings. The molecule has 8 atom stereocenters. The van der Waals surface area contributed by atoms with Crippen molar-refractivity contribution in [2.45, 2.75) is 55.7 Å². The van der Waals surface area contributed by atoms with Gasteiger partial charge in [0.15, 0.2) is 12.1 Å². The number of aldehydes is 1. The van der Waals surface area contributed by atoms with E-state index in [1.54, 1.807) is 0 Å². The van der Waals surface area contributed by atoms with E-state index in [0.29, 0.717) is 0 Å². The van der Waals surface area contributed by atoms with E-state index in [0.717, 1.165) is 0 Å². The minimum absolute atomic E-state index is 0. The topological polar surface area (TPSA) is 300 Å². The van der Waals surface area contributed by atoms with Gasteiger partial charge in [0.05, 0.1) is 13.2 Å². The Hall–Kier alpha value is 0.00636. The molecule has 16 heteroatoms. The van der Waals surface area contributed by atoms with E-state index in [1.807, 2.05) is 0 Å². The molecule has 0 unspecified atom stereocenters. The summed E-state index contributed by atoms with van der Waals surface area (Å²) in [5.41, 5.74) is 4.84. The number of ketones is 1. The van der Waals surface area contributed by atoms with Crippen molar-refractivity contribution in [2.24, 2.45) is 5.73 Å². The van der Waals surface area contributed by atoms with Crippen LogP contribution in [0.2, 0.25) is 0 Å². The van der Waals surface area contributed by atoms with E-state index < -0.39 is 80.3 Å². The fourth-order valence-corrected chi connectivity index (χ4v) is 1.22. The van der Waals surface area contributed by atoms with Gasteiger partial charge in [-0.1, -0.05) is 0 Å². The summed E-state index contributed by atoms with van der Waals surface area (Å²) in [6.07, 6.45) is -12.1. The van der Waals surface area contributed by atoms with Crippen LogP contribution in [0.4, 0.5) is 0 Å². The number of aliphatic hydroxyl groups is 10. The first-order chi connectivity index (χ1) is 13.7. The number of nitrogens with two attached hydrogens (primary N) is 1. The Kier molecular flexibility index (Phi) is 27.0. The van der Waals surface area contributed by atoms with Gasteiger partial charge in [0.1, 0.15) is 55.4 Å². The second kappa shape index (κ2) is 21.8. The monoisotopic (exact) mass is 489 g/mol. The van der Waals surface area contributed by atoms with Gasteiger partial charge in [-0.2, -0.15) is 0 Å². The number of carbonyl (C=O) groups excluding carboxylic acids is 2. The van der Waals surface area contributed by atoms with Crippen molar-refractivity contribution in [1.29, 1.82) is 0 Å². The molecule has 0 aliphatic heterocycles. The van der Waals surface area contributed by atoms with Crippen molar-refractivity contribution >= 4 is 69.4 Å². The third-order valence-corrected chi connectivity index (χ3v) is 3.20. The van der Waals surface area contributed by atoms with Crippen LogP contribution in [0, 0.1) is 0 Å². The van der Waals surface area contributed by atoms with Crippen LogP contribution in [0.1, 0.15) is 6.92 Å². The normalized spacial score (nSPS) is 17.9. The van der Waals surface area contributed by atoms with Gasteiger partial charge >= 0.3 is 57.4 Å².